The summed E-state index contributed by atoms with van der Waals surface area (Å²) >= 11 is 3.41. The lowest BCUT2D eigenvalue weighted by atomic mass is 10.1. The molecule has 1 heterocycles. The number of halogens is 1. The fraction of sp³-hybridized carbons (Fsp3) is 0.500. The molecule has 1 aromatic carbocycles. The maximum absolute atomic E-state index is 10.8. The van der Waals surface area contributed by atoms with E-state index in [4.69, 9.17) is 5.26 Å². The summed E-state index contributed by atoms with van der Waals surface area (Å²) in [6.07, 6.45) is 0.831. The summed E-state index contributed by atoms with van der Waals surface area (Å²) in [7, 11) is 0. The zero-order valence-corrected chi connectivity index (χ0v) is 13.4. The highest BCUT2D eigenvalue weighted by atomic mass is 79.9. The standard InChI is InChI=1S/C14H17BrN4O2/c1-2-11(10-16)17-5-7-18(8-6-17)14-4-3-12(19(20)21)9-13(14)15/h3-4,9,11H,2,5-8H2,1H3. The number of non-ortho nitro benzene ring substituents is 1. The van der Waals surface area contributed by atoms with E-state index in [1.54, 1.807) is 6.07 Å². The van der Waals surface area contributed by atoms with Crippen molar-refractivity contribution >= 4 is 27.3 Å². The van der Waals surface area contributed by atoms with Crippen LogP contribution in [0.15, 0.2) is 22.7 Å². The van der Waals surface area contributed by atoms with E-state index in [2.05, 4.69) is 31.8 Å². The highest BCUT2D eigenvalue weighted by Crippen LogP contribution is 2.31. The molecule has 0 aromatic heterocycles. The van der Waals surface area contributed by atoms with Crippen molar-refractivity contribution in [2.45, 2.75) is 19.4 Å². The minimum atomic E-state index is -0.398. The zero-order chi connectivity index (χ0) is 15.4. The maximum Gasteiger partial charge on any atom is 0.270 e. The summed E-state index contributed by atoms with van der Waals surface area (Å²) in [5, 5.41) is 19.9. The quantitative estimate of drug-likeness (QED) is 0.615. The molecule has 7 heteroatoms. The number of anilines is 1. The average molecular weight is 353 g/mol. The van der Waals surface area contributed by atoms with E-state index in [0.29, 0.717) is 0 Å². The van der Waals surface area contributed by atoms with Crippen molar-refractivity contribution in [2.75, 3.05) is 31.1 Å². The number of nitro benzene ring substituents is 1. The number of nitriles is 1. The van der Waals surface area contributed by atoms with Crippen LogP contribution in [0, 0.1) is 21.4 Å². The zero-order valence-electron chi connectivity index (χ0n) is 11.8. The Balaban J connectivity index is 2.06. The maximum atomic E-state index is 10.8. The van der Waals surface area contributed by atoms with Crippen LogP contribution in [0.1, 0.15) is 13.3 Å². The number of piperazine rings is 1. The number of hydrogen-bond donors (Lipinski definition) is 0. The SMILES string of the molecule is CCC(C#N)N1CCN(c2ccc([N+](=O)[O-])cc2Br)CC1. The van der Waals surface area contributed by atoms with Crippen LogP contribution in [0.25, 0.3) is 0 Å². The minimum Gasteiger partial charge on any atom is -0.368 e. The van der Waals surface area contributed by atoms with Gasteiger partial charge in [-0.1, -0.05) is 6.92 Å². The number of benzene rings is 1. The number of nitro groups is 1. The van der Waals surface area contributed by atoms with E-state index in [0.717, 1.165) is 42.8 Å². The van der Waals surface area contributed by atoms with Crippen molar-refractivity contribution in [3.63, 3.8) is 0 Å². The summed E-state index contributed by atoms with van der Waals surface area (Å²) in [6, 6.07) is 7.14. The molecule has 0 bridgehead atoms. The molecule has 1 aliphatic rings. The summed E-state index contributed by atoms with van der Waals surface area (Å²) in [5.74, 6) is 0. The Bertz CT molecular complexity index is 565. The molecule has 21 heavy (non-hydrogen) atoms. The molecule has 1 fully saturated rings. The molecule has 0 aliphatic carbocycles. The lowest BCUT2D eigenvalue weighted by Crippen LogP contribution is -2.50. The van der Waals surface area contributed by atoms with E-state index >= 15 is 0 Å². The van der Waals surface area contributed by atoms with Crippen LogP contribution < -0.4 is 4.90 Å². The number of hydrogen-bond acceptors (Lipinski definition) is 5. The van der Waals surface area contributed by atoms with Crippen LogP contribution in [0.5, 0.6) is 0 Å². The minimum absolute atomic E-state index is 0.0209. The van der Waals surface area contributed by atoms with Gasteiger partial charge in [-0.25, -0.2) is 0 Å². The van der Waals surface area contributed by atoms with Gasteiger partial charge in [0.25, 0.3) is 5.69 Å². The third kappa shape index (κ3) is 3.52. The molecule has 0 spiro atoms. The highest BCUT2D eigenvalue weighted by molar-refractivity contribution is 9.10. The van der Waals surface area contributed by atoms with Crippen molar-refractivity contribution in [1.29, 1.82) is 5.26 Å². The molecule has 0 N–H and O–H groups in total. The van der Waals surface area contributed by atoms with E-state index in [1.165, 1.54) is 12.1 Å². The first-order valence-corrected chi connectivity index (χ1v) is 7.68. The van der Waals surface area contributed by atoms with E-state index in [9.17, 15) is 10.1 Å². The summed E-state index contributed by atoms with van der Waals surface area (Å²) in [6.45, 7) is 5.31. The second-order valence-electron chi connectivity index (χ2n) is 4.97. The molecule has 112 valence electrons. The summed E-state index contributed by atoms with van der Waals surface area (Å²) in [5.41, 5.74) is 1.05. The van der Waals surface area contributed by atoms with Crippen LogP contribution in [-0.4, -0.2) is 42.0 Å². The smallest absolute Gasteiger partial charge is 0.270 e. The highest BCUT2D eigenvalue weighted by Gasteiger charge is 2.24. The van der Waals surface area contributed by atoms with Crippen LogP contribution in [0.3, 0.4) is 0 Å². The largest absolute Gasteiger partial charge is 0.368 e. The van der Waals surface area contributed by atoms with Crippen molar-refractivity contribution in [3.05, 3.63) is 32.8 Å². The lowest BCUT2D eigenvalue weighted by Gasteiger charge is -2.38. The van der Waals surface area contributed by atoms with Crippen LogP contribution >= 0.6 is 15.9 Å². The van der Waals surface area contributed by atoms with Crippen LogP contribution in [-0.2, 0) is 0 Å². The molecule has 1 saturated heterocycles. The van der Waals surface area contributed by atoms with E-state index in [-0.39, 0.29) is 11.7 Å². The number of rotatable bonds is 4. The van der Waals surface area contributed by atoms with Gasteiger partial charge in [0.1, 0.15) is 0 Å². The van der Waals surface area contributed by atoms with Crippen LogP contribution in [0.4, 0.5) is 11.4 Å². The Labute approximate surface area is 132 Å². The van der Waals surface area contributed by atoms with Gasteiger partial charge in [-0.05, 0) is 28.4 Å². The molecule has 0 amide bonds. The summed E-state index contributed by atoms with van der Waals surface area (Å²) < 4.78 is 0.734. The third-order valence-electron chi connectivity index (χ3n) is 3.77. The third-order valence-corrected chi connectivity index (χ3v) is 4.41. The molecule has 6 nitrogen and oxygen atoms in total. The average Bonchev–Trinajstić information content (AvgIpc) is 2.49. The molecule has 1 aromatic rings. The van der Waals surface area contributed by atoms with Gasteiger partial charge < -0.3 is 4.90 Å². The molecule has 1 unspecified atom stereocenters. The summed E-state index contributed by atoms with van der Waals surface area (Å²) in [4.78, 5) is 14.7. The van der Waals surface area contributed by atoms with Gasteiger partial charge in [0.2, 0.25) is 0 Å². The first-order valence-electron chi connectivity index (χ1n) is 6.89. The Morgan fingerprint density at radius 2 is 2.10 bits per heavy atom. The van der Waals surface area contributed by atoms with E-state index in [1.807, 2.05) is 6.92 Å². The van der Waals surface area contributed by atoms with Crippen molar-refractivity contribution in [2.24, 2.45) is 0 Å². The molecule has 1 atom stereocenters. The first-order chi connectivity index (χ1) is 10.1. The Hall–Kier alpha value is -1.65. The lowest BCUT2D eigenvalue weighted by molar-refractivity contribution is -0.384. The van der Waals surface area contributed by atoms with Gasteiger partial charge in [0.05, 0.1) is 22.7 Å². The van der Waals surface area contributed by atoms with Gasteiger partial charge >= 0.3 is 0 Å². The second kappa shape index (κ2) is 6.87. The normalized spacial score (nSPS) is 17.3. The van der Waals surface area contributed by atoms with Gasteiger partial charge in [-0.2, -0.15) is 5.26 Å². The van der Waals surface area contributed by atoms with Gasteiger partial charge in [0.15, 0.2) is 0 Å². The topological polar surface area (TPSA) is 73.4 Å². The van der Waals surface area contributed by atoms with Crippen molar-refractivity contribution in [3.8, 4) is 6.07 Å². The Kier molecular flexibility index (Phi) is 5.15. The predicted octanol–water partition coefficient (Wildman–Crippen LogP) is 2.78. The Morgan fingerprint density at radius 3 is 2.57 bits per heavy atom. The molecular weight excluding hydrogens is 336 g/mol. The monoisotopic (exact) mass is 352 g/mol. The van der Waals surface area contributed by atoms with Gasteiger partial charge in [-0.15, -0.1) is 0 Å². The Morgan fingerprint density at radius 1 is 1.43 bits per heavy atom. The molecule has 0 radical (unpaired) electrons. The number of nitrogens with zero attached hydrogens (tertiary/aromatic N) is 4. The van der Waals surface area contributed by atoms with Crippen molar-refractivity contribution < 1.29 is 4.92 Å². The van der Waals surface area contributed by atoms with Gasteiger partial charge in [-0.3, -0.25) is 15.0 Å². The fourth-order valence-corrected chi connectivity index (χ4v) is 3.19. The molecule has 2 rings (SSSR count). The van der Waals surface area contributed by atoms with Crippen molar-refractivity contribution in [1.82, 2.24) is 4.90 Å². The first kappa shape index (κ1) is 15.7. The predicted molar refractivity (Wildman–Crippen MR) is 84.3 cm³/mol. The van der Waals surface area contributed by atoms with Gasteiger partial charge in [0, 0.05) is 42.8 Å². The fourth-order valence-electron chi connectivity index (χ4n) is 2.57. The molecule has 1 aliphatic heterocycles. The molecular formula is C14H17BrN4O2. The molecule has 0 saturated carbocycles. The second-order valence-corrected chi connectivity index (χ2v) is 5.82. The van der Waals surface area contributed by atoms with E-state index < -0.39 is 4.92 Å². The van der Waals surface area contributed by atoms with Crippen LogP contribution in [0.2, 0.25) is 0 Å².